The third-order valence-corrected chi connectivity index (χ3v) is 4.55. The summed E-state index contributed by atoms with van der Waals surface area (Å²) in [5, 5.41) is 15.9. The fourth-order valence-corrected chi connectivity index (χ4v) is 3.42. The van der Waals surface area contributed by atoms with E-state index in [9.17, 15) is 9.90 Å². The minimum Gasteiger partial charge on any atom is -0.544 e. The molecule has 3 aromatic rings. The van der Waals surface area contributed by atoms with Gasteiger partial charge in [0.1, 0.15) is 27.5 Å². The molecular weight excluding hydrogens is 310 g/mol. The van der Waals surface area contributed by atoms with Gasteiger partial charge >= 0.3 is 0 Å². The van der Waals surface area contributed by atoms with E-state index in [0.717, 1.165) is 21.3 Å². The first-order valence-corrected chi connectivity index (χ1v) is 8.15. The molecule has 0 amide bonds. The van der Waals surface area contributed by atoms with Gasteiger partial charge in [-0.1, -0.05) is 30.3 Å². The van der Waals surface area contributed by atoms with Crippen molar-refractivity contribution in [2.45, 2.75) is 26.3 Å². The molecule has 0 spiro atoms. The van der Waals surface area contributed by atoms with E-state index >= 15 is 0 Å². The standard InChI is InChI=1S/C17H17N3O2S/c1-10-18-14(20-17(2,3)16(21)22)13-12(9-23-15(13)19-10)11-7-5-4-6-8-11/h4-9H,1-3H3,(H,21,22)(H,18,19,20). The smallest absolute Gasteiger partial charge is 0.237 e. The average molecular weight is 327 g/mol. The van der Waals surface area contributed by atoms with Gasteiger partial charge < -0.3 is 9.90 Å². The molecule has 6 heteroatoms. The number of carboxylic acids is 1. The number of quaternary nitrogens is 1. The molecule has 2 N–H and O–H groups in total. The normalized spacial score (nSPS) is 11.8. The Hall–Kier alpha value is -2.31. The first kappa shape index (κ1) is 15.6. The number of aliphatic carboxylic acids is 1. The minimum absolute atomic E-state index is 0.624. The molecule has 2 heterocycles. The van der Waals surface area contributed by atoms with Crippen LogP contribution in [0.25, 0.3) is 21.3 Å². The molecule has 0 bridgehead atoms. The molecule has 2 aromatic heterocycles. The van der Waals surface area contributed by atoms with E-state index in [2.05, 4.69) is 9.97 Å². The van der Waals surface area contributed by atoms with Crippen molar-refractivity contribution in [1.29, 1.82) is 0 Å². The lowest BCUT2D eigenvalue weighted by atomic mass is 10.0. The third-order valence-electron chi connectivity index (χ3n) is 3.68. The van der Waals surface area contributed by atoms with E-state index in [-0.39, 0.29) is 0 Å². The lowest BCUT2D eigenvalue weighted by molar-refractivity contribution is -0.642. The first-order chi connectivity index (χ1) is 10.9. The predicted molar refractivity (Wildman–Crippen MR) is 88.3 cm³/mol. The topological polar surface area (TPSA) is 82.5 Å². The number of carbonyl (C=O) groups is 1. The number of hydrogen-bond donors (Lipinski definition) is 1. The van der Waals surface area contributed by atoms with Crippen LogP contribution in [0.3, 0.4) is 0 Å². The van der Waals surface area contributed by atoms with Crippen LogP contribution in [0.1, 0.15) is 19.7 Å². The average Bonchev–Trinajstić information content (AvgIpc) is 2.91. The van der Waals surface area contributed by atoms with Gasteiger partial charge in [-0.05, 0) is 26.3 Å². The molecule has 118 valence electrons. The van der Waals surface area contributed by atoms with Gasteiger partial charge in [0.15, 0.2) is 0 Å². The van der Waals surface area contributed by atoms with E-state index in [4.69, 9.17) is 0 Å². The SMILES string of the molecule is Cc1nc([NH2+]C(C)(C)C(=O)[O-])c2c(-c3ccccc3)csc2n1. The van der Waals surface area contributed by atoms with Crippen molar-refractivity contribution in [3.05, 3.63) is 41.5 Å². The molecule has 0 atom stereocenters. The van der Waals surface area contributed by atoms with Crippen LogP contribution >= 0.6 is 11.3 Å². The Morgan fingerprint density at radius 2 is 1.91 bits per heavy atom. The lowest BCUT2D eigenvalue weighted by Gasteiger charge is -2.23. The molecule has 1 aromatic carbocycles. The number of benzene rings is 1. The highest BCUT2D eigenvalue weighted by Crippen LogP contribution is 2.35. The van der Waals surface area contributed by atoms with E-state index in [1.54, 1.807) is 19.2 Å². The maximum atomic E-state index is 11.4. The number of carbonyl (C=O) groups excluding carboxylic acids is 1. The Morgan fingerprint density at radius 3 is 2.57 bits per heavy atom. The van der Waals surface area contributed by atoms with E-state index in [1.807, 2.05) is 42.6 Å². The molecule has 0 aliphatic heterocycles. The van der Waals surface area contributed by atoms with Gasteiger partial charge in [-0.25, -0.2) is 4.98 Å². The molecule has 0 saturated heterocycles. The van der Waals surface area contributed by atoms with Crippen molar-refractivity contribution in [1.82, 2.24) is 9.97 Å². The lowest BCUT2D eigenvalue weighted by Crippen LogP contribution is -2.94. The van der Waals surface area contributed by atoms with Gasteiger partial charge in [-0.2, -0.15) is 4.98 Å². The van der Waals surface area contributed by atoms with Gasteiger partial charge in [0.2, 0.25) is 5.82 Å². The van der Waals surface area contributed by atoms with Crippen LogP contribution < -0.4 is 10.4 Å². The monoisotopic (exact) mass is 327 g/mol. The van der Waals surface area contributed by atoms with Crippen molar-refractivity contribution >= 4 is 33.3 Å². The minimum atomic E-state index is -1.13. The Bertz CT molecular complexity index is 872. The Balaban J connectivity index is 2.21. The van der Waals surface area contributed by atoms with Crippen LogP contribution in [-0.2, 0) is 4.79 Å². The number of aryl methyl sites for hydroxylation is 1. The molecule has 0 unspecified atom stereocenters. The summed E-state index contributed by atoms with van der Waals surface area (Å²) in [5.74, 6) is 0.138. The van der Waals surface area contributed by atoms with Crippen molar-refractivity contribution < 1.29 is 15.2 Å². The summed E-state index contributed by atoms with van der Waals surface area (Å²) >= 11 is 1.54. The summed E-state index contributed by atoms with van der Waals surface area (Å²) < 4.78 is 0. The number of thiophene rings is 1. The van der Waals surface area contributed by atoms with Gasteiger partial charge in [-0.3, -0.25) is 5.32 Å². The number of hydrogen-bond acceptors (Lipinski definition) is 5. The molecule has 0 aliphatic carbocycles. The second kappa shape index (κ2) is 5.72. The van der Waals surface area contributed by atoms with Gasteiger partial charge in [-0.15, -0.1) is 11.3 Å². The fourth-order valence-electron chi connectivity index (χ4n) is 2.42. The largest absolute Gasteiger partial charge is 0.544 e. The van der Waals surface area contributed by atoms with Crippen LogP contribution in [-0.4, -0.2) is 21.5 Å². The van der Waals surface area contributed by atoms with Crippen LogP contribution in [0.4, 0.5) is 5.82 Å². The van der Waals surface area contributed by atoms with Gasteiger partial charge in [0.25, 0.3) is 0 Å². The number of fused-ring (bicyclic) bond motifs is 1. The second-order valence-electron chi connectivity index (χ2n) is 6.01. The van der Waals surface area contributed by atoms with E-state index in [0.29, 0.717) is 11.6 Å². The first-order valence-electron chi connectivity index (χ1n) is 7.27. The number of aromatic nitrogens is 2. The molecule has 23 heavy (non-hydrogen) atoms. The van der Waals surface area contributed by atoms with Crippen molar-refractivity contribution in [2.24, 2.45) is 0 Å². The summed E-state index contributed by atoms with van der Waals surface area (Å²) in [4.78, 5) is 21.2. The Morgan fingerprint density at radius 1 is 1.22 bits per heavy atom. The number of rotatable bonds is 4. The zero-order valence-electron chi connectivity index (χ0n) is 13.2. The number of nitrogens with two attached hydrogens (primary N) is 1. The maximum Gasteiger partial charge on any atom is 0.237 e. The van der Waals surface area contributed by atoms with Gasteiger partial charge in [0, 0.05) is 10.9 Å². The summed E-state index contributed by atoms with van der Waals surface area (Å²) in [5.41, 5.74) is 0.974. The predicted octanol–water partition coefficient (Wildman–Crippen LogP) is 1.39. The van der Waals surface area contributed by atoms with Crippen molar-refractivity contribution in [3.63, 3.8) is 0 Å². The fraction of sp³-hybridized carbons (Fsp3) is 0.235. The molecular formula is C17H17N3O2S. The summed E-state index contributed by atoms with van der Waals surface area (Å²) in [6.07, 6.45) is 0. The van der Waals surface area contributed by atoms with E-state index in [1.165, 1.54) is 11.3 Å². The van der Waals surface area contributed by atoms with Crippen LogP contribution in [0.2, 0.25) is 0 Å². The van der Waals surface area contributed by atoms with Crippen molar-refractivity contribution in [3.8, 4) is 11.1 Å². The molecule has 5 nitrogen and oxygen atoms in total. The second-order valence-corrected chi connectivity index (χ2v) is 6.86. The molecule has 0 aliphatic rings. The highest BCUT2D eigenvalue weighted by Gasteiger charge is 2.28. The van der Waals surface area contributed by atoms with Crippen molar-refractivity contribution in [2.75, 3.05) is 0 Å². The molecule has 0 radical (unpaired) electrons. The molecule has 0 saturated carbocycles. The molecule has 3 rings (SSSR count). The van der Waals surface area contributed by atoms with E-state index < -0.39 is 11.5 Å². The number of carboxylic acid groups (broad SMARTS) is 1. The quantitative estimate of drug-likeness (QED) is 0.785. The summed E-state index contributed by atoms with van der Waals surface area (Å²) in [7, 11) is 0. The van der Waals surface area contributed by atoms with Crippen LogP contribution in [0.15, 0.2) is 35.7 Å². The summed E-state index contributed by atoms with van der Waals surface area (Å²) in [6.45, 7) is 5.03. The zero-order valence-corrected chi connectivity index (χ0v) is 14.0. The van der Waals surface area contributed by atoms with Crippen LogP contribution in [0, 0.1) is 6.92 Å². The van der Waals surface area contributed by atoms with Gasteiger partial charge in [0.05, 0.1) is 0 Å². The van der Waals surface area contributed by atoms with Crippen LogP contribution in [0.5, 0.6) is 0 Å². The summed E-state index contributed by atoms with van der Waals surface area (Å²) in [6, 6.07) is 9.96. The highest BCUT2D eigenvalue weighted by atomic mass is 32.1. The maximum absolute atomic E-state index is 11.4. The number of nitrogens with zero attached hydrogens (tertiary/aromatic N) is 2. The highest BCUT2D eigenvalue weighted by molar-refractivity contribution is 7.17. The Kier molecular flexibility index (Phi) is 3.87. The zero-order chi connectivity index (χ0) is 16.6. The molecule has 0 fully saturated rings. The Labute approximate surface area is 138 Å². The third kappa shape index (κ3) is 2.95.